The molecule has 6 nitrogen and oxygen atoms in total. The van der Waals surface area contributed by atoms with E-state index in [0.29, 0.717) is 38.1 Å². The topological polar surface area (TPSA) is 75.7 Å². The Morgan fingerprint density at radius 3 is 2.65 bits per heavy atom. The number of methoxy groups -OCH3 is 1. The molecule has 0 saturated carbocycles. The van der Waals surface area contributed by atoms with Crippen LogP contribution >= 0.6 is 0 Å². The van der Waals surface area contributed by atoms with Crippen LogP contribution in [0.1, 0.15) is 31.7 Å². The Hall–Kier alpha value is -1.44. The van der Waals surface area contributed by atoms with E-state index in [1.54, 1.807) is 19.2 Å². The number of carbonyl (C=O) groups excluding carboxylic acids is 1. The van der Waals surface area contributed by atoms with Gasteiger partial charge in [-0.15, -0.1) is 0 Å². The number of nitrogens with zero attached hydrogens (tertiary/aromatic N) is 1. The molecule has 1 amide bonds. The van der Waals surface area contributed by atoms with E-state index in [2.05, 4.69) is 5.32 Å². The molecule has 0 aromatic heterocycles. The zero-order valence-electron chi connectivity index (χ0n) is 13.6. The second-order valence-electron chi connectivity index (χ2n) is 5.70. The van der Waals surface area contributed by atoms with Crippen LogP contribution in [0.5, 0.6) is 0 Å². The van der Waals surface area contributed by atoms with Gasteiger partial charge in [0.15, 0.2) is 0 Å². The van der Waals surface area contributed by atoms with E-state index in [9.17, 15) is 13.2 Å². The number of anilines is 1. The van der Waals surface area contributed by atoms with Crippen LogP contribution in [0.2, 0.25) is 0 Å². The first-order chi connectivity index (χ1) is 11.0. The Kier molecular flexibility index (Phi) is 6.15. The van der Waals surface area contributed by atoms with Crippen LogP contribution in [0.4, 0.5) is 5.69 Å². The fraction of sp³-hybridized carbons (Fsp3) is 0.562. The first-order valence-electron chi connectivity index (χ1n) is 7.86. The van der Waals surface area contributed by atoms with Crippen LogP contribution in [0.15, 0.2) is 24.3 Å². The van der Waals surface area contributed by atoms with Gasteiger partial charge in [-0.3, -0.25) is 4.79 Å². The normalized spacial score (nSPS) is 19.0. The van der Waals surface area contributed by atoms with Crippen LogP contribution < -0.4 is 5.32 Å². The standard InChI is InChI=1S/C16H24N2O4S/c1-3-11-23(20,21)18-10-4-5-15(18)16(19)17-14-8-6-13(7-9-14)12-22-2/h6-9,15H,3-5,10-12H2,1-2H3,(H,17,19). The van der Waals surface area contributed by atoms with E-state index in [1.165, 1.54) is 4.31 Å². The summed E-state index contributed by atoms with van der Waals surface area (Å²) in [4.78, 5) is 12.4. The number of hydrogen-bond acceptors (Lipinski definition) is 4. The van der Waals surface area contributed by atoms with E-state index >= 15 is 0 Å². The maximum Gasteiger partial charge on any atom is 0.242 e. The molecule has 2 rings (SSSR count). The van der Waals surface area contributed by atoms with Crippen molar-refractivity contribution in [3.05, 3.63) is 29.8 Å². The summed E-state index contributed by atoms with van der Waals surface area (Å²) in [6.45, 7) is 2.76. The smallest absolute Gasteiger partial charge is 0.242 e. The molecule has 1 atom stereocenters. The lowest BCUT2D eigenvalue weighted by Crippen LogP contribution is -2.44. The number of rotatable bonds is 7. The van der Waals surface area contributed by atoms with Gasteiger partial charge in [-0.25, -0.2) is 8.42 Å². The Balaban J connectivity index is 2.04. The molecule has 0 bridgehead atoms. The van der Waals surface area contributed by atoms with Crippen molar-refractivity contribution in [3.63, 3.8) is 0 Å². The molecular weight excluding hydrogens is 316 g/mol. The van der Waals surface area contributed by atoms with Gasteiger partial charge in [0.2, 0.25) is 15.9 Å². The number of sulfonamides is 1. The highest BCUT2D eigenvalue weighted by atomic mass is 32.2. The van der Waals surface area contributed by atoms with Crippen molar-refractivity contribution >= 4 is 21.6 Å². The van der Waals surface area contributed by atoms with Crippen LogP contribution in [-0.4, -0.2) is 44.1 Å². The molecule has 1 fully saturated rings. The molecule has 1 saturated heterocycles. The molecule has 1 unspecified atom stereocenters. The van der Waals surface area contributed by atoms with E-state index in [4.69, 9.17) is 4.74 Å². The van der Waals surface area contributed by atoms with Gasteiger partial charge in [-0.05, 0) is 37.0 Å². The predicted octanol–water partition coefficient (Wildman–Crippen LogP) is 1.98. The SMILES string of the molecule is CCCS(=O)(=O)N1CCCC1C(=O)Nc1ccc(COC)cc1. The van der Waals surface area contributed by atoms with Crippen molar-refractivity contribution in [1.29, 1.82) is 0 Å². The third-order valence-corrected chi connectivity index (χ3v) is 5.93. The highest BCUT2D eigenvalue weighted by molar-refractivity contribution is 7.89. The second-order valence-corrected chi connectivity index (χ2v) is 7.75. The number of benzene rings is 1. The second kappa shape index (κ2) is 7.90. The Morgan fingerprint density at radius 2 is 2.04 bits per heavy atom. The van der Waals surface area contributed by atoms with E-state index in [-0.39, 0.29) is 11.7 Å². The first-order valence-corrected chi connectivity index (χ1v) is 9.47. The molecule has 0 spiro atoms. The summed E-state index contributed by atoms with van der Waals surface area (Å²) >= 11 is 0. The fourth-order valence-electron chi connectivity index (χ4n) is 2.79. The summed E-state index contributed by atoms with van der Waals surface area (Å²) in [5.74, 6) is -0.177. The molecule has 0 radical (unpaired) electrons. The van der Waals surface area contributed by atoms with Crippen LogP contribution in [-0.2, 0) is 26.2 Å². The highest BCUT2D eigenvalue weighted by Crippen LogP contribution is 2.23. The lowest BCUT2D eigenvalue weighted by Gasteiger charge is -2.23. The van der Waals surface area contributed by atoms with Crippen LogP contribution in [0.25, 0.3) is 0 Å². The minimum absolute atomic E-state index is 0.0858. The largest absolute Gasteiger partial charge is 0.380 e. The summed E-state index contributed by atoms with van der Waals surface area (Å²) in [6, 6.07) is 6.74. The number of carbonyl (C=O) groups is 1. The van der Waals surface area contributed by atoms with Crippen molar-refractivity contribution in [2.75, 3.05) is 24.7 Å². The molecule has 1 aliphatic heterocycles. The zero-order valence-corrected chi connectivity index (χ0v) is 14.4. The molecule has 1 heterocycles. The number of hydrogen-bond donors (Lipinski definition) is 1. The van der Waals surface area contributed by atoms with Crippen molar-refractivity contribution in [1.82, 2.24) is 4.31 Å². The first kappa shape index (κ1) is 17.9. The minimum Gasteiger partial charge on any atom is -0.380 e. The van der Waals surface area contributed by atoms with E-state index in [1.807, 2.05) is 19.1 Å². The average molecular weight is 340 g/mol. The minimum atomic E-state index is -3.35. The average Bonchev–Trinajstić information content (AvgIpc) is 3.00. The molecule has 7 heteroatoms. The van der Waals surface area contributed by atoms with Crippen molar-refractivity contribution < 1.29 is 17.9 Å². The lowest BCUT2D eigenvalue weighted by atomic mass is 10.2. The van der Waals surface area contributed by atoms with Gasteiger partial charge in [0.25, 0.3) is 0 Å². The third-order valence-electron chi connectivity index (χ3n) is 3.86. The summed E-state index contributed by atoms with van der Waals surface area (Å²) in [6.07, 6.45) is 1.83. The molecule has 1 aromatic rings. The van der Waals surface area contributed by atoms with E-state index < -0.39 is 16.1 Å². The maximum absolute atomic E-state index is 12.4. The molecule has 23 heavy (non-hydrogen) atoms. The summed E-state index contributed by atoms with van der Waals surface area (Å²) in [7, 11) is -1.73. The molecule has 1 aromatic carbocycles. The predicted molar refractivity (Wildman–Crippen MR) is 89.6 cm³/mol. The Morgan fingerprint density at radius 1 is 1.35 bits per heavy atom. The number of ether oxygens (including phenoxy) is 1. The highest BCUT2D eigenvalue weighted by Gasteiger charge is 2.37. The molecule has 128 valence electrons. The van der Waals surface area contributed by atoms with Gasteiger partial charge in [-0.1, -0.05) is 19.1 Å². The van der Waals surface area contributed by atoms with Gasteiger partial charge in [0.05, 0.1) is 12.4 Å². The van der Waals surface area contributed by atoms with Crippen molar-refractivity contribution in [2.45, 2.75) is 38.8 Å². The summed E-state index contributed by atoms with van der Waals surface area (Å²) in [5, 5.41) is 2.81. The monoisotopic (exact) mass is 340 g/mol. The van der Waals surface area contributed by atoms with E-state index in [0.717, 1.165) is 5.56 Å². The molecular formula is C16H24N2O4S. The zero-order chi connectivity index (χ0) is 16.9. The summed E-state index contributed by atoms with van der Waals surface area (Å²) in [5.41, 5.74) is 1.67. The van der Waals surface area contributed by atoms with Gasteiger partial charge < -0.3 is 10.1 Å². The molecule has 1 aliphatic rings. The lowest BCUT2D eigenvalue weighted by molar-refractivity contribution is -0.119. The fourth-order valence-corrected chi connectivity index (χ4v) is 4.53. The Labute approximate surface area is 137 Å². The van der Waals surface area contributed by atoms with Gasteiger partial charge in [-0.2, -0.15) is 4.31 Å². The number of amides is 1. The quantitative estimate of drug-likeness (QED) is 0.823. The van der Waals surface area contributed by atoms with Crippen LogP contribution in [0, 0.1) is 0 Å². The van der Waals surface area contributed by atoms with Crippen molar-refractivity contribution in [2.24, 2.45) is 0 Å². The maximum atomic E-state index is 12.4. The number of nitrogens with one attached hydrogen (secondary N) is 1. The van der Waals surface area contributed by atoms with Gasteiger partial charge in [0, 0.05) is 19.3 Å². The summed E-state index contributed by atoms with van der Waals surface area (Å²) < 4.78 is 30.9. The Bertz CT molecular complexity index is 628. The molecule has 1 N–H and O–H groups in total. The van der Waals surface area contributed by atoms with Gasteiger partial charge in [0.1, 0.15) is 6.04 Å². The molecule has 0 aliphatic carbocycles. The van der Waals surface area contributed by atoms with Crippen LogP contribution in [0.3, 0.4) is 0 Å². The third kappa shape index (κ3) is 4.53. The van der Waals surface area contributed by atoms with Gasteiger partial charge >= 0.3 is 0 Å². The van der Waals surface area contributed by atoms with Crippen molar-refractivity contribution in [3.8, 4) is 0 Å².